The molecule has 168 valence electrons. The molecule has 0 saturated heterocycles. The van der Waals surface area contributed by atoms with Crippen LogP contribution in [0.3, 0.4) is 0 Å². The number of amides is 3. The van der Waals surface area contributed by atoms with Crippen molar-refractivity contribution in [1.29, 1.82) is 0 Å². The van der Waals surface area contributed by atoms with Crippen molar-refractivity contribution in [3.63, 3.8) is 0 Å². The summed E-state index contributed by atoms with van der Waals surface area (Å²) in [6, 6.07) is -4.77. The zero-order valence-electron chi connectivity index (χ0n) is 15.9. The van der Waals surface area contributed by atoms with E-state index in [4.69, 9.17) is 20.4 Å². The van der Waals surface area contributed by atoms with E-state index < -0.39 is 91.8 Å². The van der Waals surface area contributed by atoms with E-state index in [1.807, 2.05) is 5.32 Å². The monoisotopic (exact) mass is 433 g/mol. The summed E-state index contributed by atoms with van der Waals surface area (Å²) in [6.07, 6.45) is -2.95. The molecule has 0 aliphatic rings. The highest BCUT2D eigenvalue weighted by molar-refractivity contribution is 5.94. The van der Waals surface area contributed by atoms with Crippen LogP contribution < -0.4 is 16.0 Å². The van der Waals surface area contributed by atoms with Gasteiger partial charge in [-0.05, 0) is 12.8 Å². The van der Waals surface area contributed by atoms with Gasteiger partial charge in [0.25, 0.3) is 0 Å². The van der Waals surface area contributed by atoms with Gasteiger partial charge in [0.2, 0.25) is 17.7 Å². The van der Waals surface area contributed by atoms with Gasteiger partial charge in [0.05, 0.1) is 6.42 Å². The first kappa shape index (κ1) is 26.3. The molecule has 0 saturated carbocycles. The van der Waals surface area contributed by atoms with E-state index >= 15 is 0 Å². The van der Waals surface area contributed by atoms with Crippen LogP contribution in [0.2, 0.25) is 0 Å². The first-order valence-corrected chi connectivity index (χ1v) is 8.59. The standard InChI is InChI=1S/C16H23N3O11/c1-7(20)17-10(6-13(25)26)15(28)18-8(2-4-11(21)22)14(27)19-9(16(29)30)3-5-12(23)24/h8-10H,2-6H2,1H3,(H,17,20)(H,18,28)(H,19,27)(H,21,22)(H,23,24)(H,25,26)(H,29,30)/t8-,9-,10-/m0/s1. The highest BCUT2D eigenvalue weighted by Crippen LogP contribution is 2.04. The van der Waals surface area contributed by atoms with Crippen LogP contribution in [0, 0.1) is 0 Å². The number of carbonyl (C=O) groups is 7. The van der Waals surface area contributed by atoms with E-state index in [0.717, 1.165) is 6.92 Å². The summed E-state index contributed by atoms with van der Waals surface area (Å²) in [6.45, 7) is 1.02. The summed E-state index contributed by atoms with van der Waals surface area (Å²) in [5.41, 5.74) is 0. The second-order valence-corrected chi connectivity index (χ2v) is 6.18. The van der Waals surface area contributed by atoms with Crippen molar-refractivity contribution >= 4 is 41.6 Å². The van der Waals surface area contributed by atoms with Gasteiger partial charge in [-0.15, -0.1) is 0 Å². The Morgan fingerprint density at radius 3 is 1.47 bits per heavy atom. The third-order valence-corrected chi connectivity index (χ3v) is 3.61. The molecule has 0 fully saturated rings. The number of hydrogen-bond acceptors (Lipinski definition) is 7. The van der Waals surface area contributed by atoms with Crippen LogP contribution in [0.4, 0.5) is 0 Å². The number of carboxylic acids is 4. The number of aliphatic carboxylic acids is 4. The van der Waals surface area contributed by atoms with Crippen molar-refractivity contribution in [2.24, 2.45) is 0 Å². The number of carboxylic acid groups (broad SMARTS) is 4. The lowest BCUT2D eigenvalue weighted by atomic mass is 10.1. The van der Waals surface area contributed by atoms with Crippen LogP contribution in [-0.2, 0) is 33.6 Å². The molecule has 30 heavy (non-hydrogen) atoms. The van der Waals surface area contributed by atoms with Gasteiger partial charge in [-0.2, -0.15) is 0 Å². The Morgan fingerprint density at radius 1 is 0.633 bits per heavy atom. The van der Waals surface area contributed by atoms with E-state index in [1.54, 1.807) is 0 Å². The lowest BCUT2D eigenvalue weighted by Gasteiger charge is -2.23. The van der Waals surface area contributed by atoms with E-state index in [1.165, 1.54) is 0 Å². The summed E-state index contributed by atoms with van der Waals surface area (Å²) in [7, 11) is 0. The van der Waals surface area contributed by atoms with Gasteiger partial charge in [-0.3, -0.25) is 28.8 Å². The van der Waals surface area contributed by atoms with Gasteiger partial charge in [-0.1, -0.05) is 0 Å². The van der Waals surface area contributed by atoms with Gasteiger partial charge < -0.3 is 36.4 Å². The Bertz CT molecular complexity index is 691. The lowest BCUT2D eigenvalue weighted by Crippen LogP contribution is -2.56. The molecule has 0 unspecified atom stereocenters. The molecule has 3 amide bonds. The van der Waals surface area contributed by atoms with Gasteiger partial charge >= 0.3 is 23.9 Å². The van der Waals surface area contributed by atoms with Crippen molar-refractivity contribution in [2.45, 2.75) is 57.2 Å². The lowest BCUT2D eigenvalue weighted by molar-refractivity contribution is -0.144. The maximum absolute atomic E-state index is 12.4. The molecule has 3 atom stereocenters. The fourth-order valence-electron chi connectivity index (χ4n) is 2.24. The predicted octanol–water partition coefficient (Wildman–Crippen LogP) is -2.25. The van der Waals surface area contributed by atoms with Crippen LogP contribution >= 0.6 is 0 Å². The van der Waals surface area contributed by atoms with Crippen LogP contribution in [0.1, 0.15) is 39.0 Å². The van der Waals surface area contributed by atoms with E-state index in [0.29, 0.717) is 0 Å². The Labute approximate surface area is 169 Å². The number of hydrogen-bond donors (Lipinski definition) is 7. The summed E-state index contributed by atoms with van der Waals surface area (Å²) >= 11 is 0. The molecule has 14 nitrogen and oxygen atoms in total. The third-order valence-electron chi connectivity index (χ3n) is 3.61. The van der Waals surface area contributed by atoms with Gasteiger partial charge in [0.15, 0.2) is 0 Å². The summed E-state index contributed by atoms with van der Waals surface area (Å²) < 4.78 is 0. The molecule has 7 N–H and O–H groups in total. The largest absolute Gasteiger partial charge is 0.481 e. The van der Waals surface area contributed by atoms with E-state index in [2.05, 4.69) is 10.6 Å². The number of carbonyl (C=O) groups excluding carboxylic acids is 3. The molecule has 0 aliphatic heterocycles. The predicted molar refractivity (Wildman–Crippen MR) is 95.1 cm³/mol. The minimum atomic E-state index is -1.62. The van der Waals surface area contributed by atoms with Crippen molar-refractivity contribution < 1.29 is 54.0 Å². The van der Waals surface area contributed by atoms with Gasteiger partial charge in [0, 0.05) is 19.8 Å². The topological polar surface area (TPSA) is 236 Å². The smallest absolute Gasteiger partial charge is 0.326 e. The Hall–Kier alpha value is -3.71. The number of rotatable bonds is 14. The van der Waals surface area contributed by atoms with Crippen LogP contribution in [0.25, 0.3) is 0 Å². The molecule has 0 spiro atoms. The second-order valence-electron chi connectivity index (χ2n) is 6.18. The van der Waals surface area contributed by atoms with Crippen molar-refractivity contribution in [2.75, 3.05) is 0 Å². The molecule has 0 radical (unpaired) electrons. The zero-order chi connectivity index (χ0) is 23.4. The van der Waals surface area contributed by atoms with E-state index in [-0.39, 0.29) is 0 Å². The van der Waals surface area contributed by atoms with Gasteiger partial charge in [0.1, 0.15) is 18.1 Å². The normalized spacial score (nSPS) is 13.2. The van der Waals surface area contributed by atoms with Crippen molar-refractivity contribution in [1.82, 2.24) is 16.0 Å². The van der Waals surface area contributed by atoms with Gasteiger partial charge in [-0.25, -0.2) is 4.79 Å². The highest BCUT2D eigenvalue weighted by Gasteiger charge is 2.30. The fourth-order valence-corrected chi connectivity index (χ4v) is 2.24. The third kappa shape index (κ3) is 11.2. The molecule has 0 aromatic carbocycles. The maximum Gasteiger partial charge on any atom is 0.326 e. The first-order valence-electron chi connectivity index (χ1n) is 8.59. The summed E-state index contributed by atoms with van der Waals surface area (Å²) in [4.78, 5) is 79.3. The minimum absolute atomic E-state index is 0.469. The molecule has 0 aromatic rings. The highest BCUT2D eigenvalue weighted by atomic mass is 16.4. The second kappa shape index (κ2) is 12.7. The van der Waals surface area contributed by atoms with Crippen molar-refractivity contribution in [3.05, 3.63) is 0 Å². The first-order chi connectivity index (χ1) is 13.8. The molecular weight excluding hydrogens is 410 g/mol. The Kier molecular flexibility index (Phi) is 11.1. The Balaban J connectivity index is 5.41. The van der Waals surface area contributed by atoms with Crippen LogP contribution in [-0.4, -0.2) is 80.2 Å². The molecular formula is C16H23N3O11. The fraction of sp³-hybridized carbons (Fsp3) is 0.562. The SMILES string of the molecule is CC(=O)N[C@@H](CC(=O)O)C(=O)N[C@@H](CCC(=O)O)C(=O)N[C@@H](CCC(=O)O)C(=O)O. The average molecular weight is 433 g/mol. The Morgan fingerprint density at radius 2 is 1.07 bits per heavy atom. The molecule has 0 bridgehead atoms. The summed E-state index contributed by atoms with van der Waals surface area (Å²) in [5, 5.41) is 41.6. The average Bonchev–Trinajstić information content (AvgIpc) is 2.59. The van der Waals surface area contributed by atoms with Crippen LogP contribution in [0.5, 0.6) is 0 Å². The molecule has 0 aliphatic carbocycles. The van der Waals surface area contributed by atoms with E-state index in [9.17, 15) is 33.6 Å². The maximum atomic E-state index is 12.4. The summed E-state index contributed by atoms with van der Waals surface area (Å²) in [5.74, 6) is -8.56. The van der Waals surface area contributed by atoms with Crippen molar-refractivity contribution in [3.8, 4) is 0 Å². The minimum Gasteiger partial charge on any atom is -0.481 e. The molecule has 0 rings (SSSR count). The zero-order valence-corrected chi connectivity index (χ0v) is 15.9. The number of nitrogens with one attached hydrogen (secondary N) is 3. The molecule has 0 heterocycles. The van der Waals surface area contributed by atoms with Crippen LogP contribution in [0.15, 0.2) is 0 Å². The molecule has 14 heteroatoms. The molecule has 0 aromatic heterocycles. The quantitative estimate of drug-likeness (QED) is 0.154.